The SMILES string of the molecule is FCOc1c2ccccc2cc[n+]1Cc1ccccc1.Fc1c(F)c(F)c([B-](c2c(F)c(F)c(F)c(F)c2F)(c2c(F)c(F)c(F)c(F)c2F)c2c(F)c(F)c(F)c(F)c2F)c(F)c1F. The quantitative estimate of drug-likeness (QED) is 0.0487. The van der Waals surface area contributed by atoms with Crippen LogP contribution in [0.15, 0.2) is 66.9 Å². The number of fused-ring (bicyclic) bond motifs is 1. The first kappa shape index (κ1) is 47.6. The fourth-order valence-corrected chi connectivity index (χ4v) is 7.22. The number of hydrogen-bond acceptors (Lipinski definition) is 1. The number of halogens is 21. The van der Waals surface area contributed by atoms with Crippen molar-refractivity contribution in [2.24, 2.45) is 0 Å². The van der Waals surface area contributed by atoms with E-state index >= 15 is 35.1 Å². The number of nitrogens with zero attached hydrogens (tertiary/aromatic N) is 1. The number of alkyl halides is 1. The van der Waals surface area contributed by atoms with Crippen LogP contribution in [0.25, 0.3) is 10.8 Å². The normalized spacial score (nSPS) is 11.6. The zero-order chi connectivity index (χ0) is 48.1. The largest absolute Gasteiger partial charge is 0.412 e. The molecule has 2 nitrogen and oxygen atoms in total. The van der Waals surface area contributed by atoms with E-state index < -0.39 is 151 Å². The van der Waals surface area contributed by atoms with E-state index in [4.69, 9.17) is 4.74 Å². The lowest BCUT2D eigenvalue weighted by Crippen LogP contribution is -2.81. The van der Waals surface area contributed by atoms with Gasteiger partial charge in [-0.1, -0.05) is 48.5 Å². The number of hydrogen-bond donors (Lipinski definition) is 0. The van der Waals surface area contributed by atoms with Crippen LogP contribution in [-0.2, 0) is 6.54 Å². The number of ether oxygens (including phenoxy) is 1. The first-order valence-corrected chi connectivity index (χ1v) is 17.5. The highest BCUT2D eigenvalue weighted by molar-refractivity contribution is 7.20. The molecule has 0 saturated carbocycles. The van der Waals surface area contributed by atoms with E-state index in [0.717, 1.165) is 16.3 Å². The molecule has 0 spiro atoms. The Morgan fingerprint density at radius 2 is 0.646 bits per heavy atom. The maximum Gasteiger partial charge on any atom is 0.378 e. The van der Waals surface area contributed by atoms with Crippen molar-refractivity contribution in [1.29, 1.82) is 0 Å². The van der Waals surface area contributed by atoms with Crippen molar-refractivity contribution in [2.75, 3.05) is 6.86 Å². The third-order valence-corrected chi connectivity index (χ3v) is 9.98. The Morgan fingerprint density at radius 1 is 0.354 bits per heavy atom. The van der Waals surface area contributed by atoms with Crippen LogP contribution in [0.5, 0.6) is 5.88 Å². The zero-order valence-electron chi connectivity index (χ0n) is 31.1. The van der Waals surface area contributed by atoms with Gasteiger partial charge in [-0.3, -0.25) is 0 Å². The smallest absolute Gasteiger partial charge is 0.378 e. The highest BCUT2D eigenvalue weighted by Crippen LogP contribution is 2.31. The molecule has 24 heteroatoms. The molecule has 0 aliphatic carbocycles. The first-order valence-electron chi connectivity index (χ1n) is 17.5. The lowest BCUT2D eigenvalue weighted by atomic mass is 9.12. The molecule has 0 unspecified atom stereocenters. The molecule has 7 rings (SSSR count). The molecule has 0 radical (unpaired) electrons. The summed E-state index contributed by atoms with van der Waals surface area (Å²) in [7, 11) is 0. The molecule has 65 heavy (non-hydrogen) atoms. The molecule has 0 amide bonds. The van der Waals surface area contributed by atoms with Gasteiger partial charge in [0.05, 0.1) is 5.39 Å². The fraction of sp³-hybridized carbons (Fsp3) is 0.0488. The van der Waals surface area contributed by atoms with Crippen molar-refractivity contribution in [3.05, 3.63) is 189 Å². The standard InChI is InChI=1S/C24BF20.C17H15FNO/c26-5-1(6(27)14(35)21(42)13(5)34)25(2-7(28)15(36)22(43)16(37)8(2)29,3-9(30)17(38)23(44)18(39)10(3)31)4-11(32)19(40)24(45)20(41)12(4)33;18-13-20-17-16-9-5-4-8-15(16)10-11-19(17)12-14-6-2-1-3-7-14/h;1-11H,12-13H2/q-1;+1. The fourth-order valence-electron chi connectivity index (χ4n) is 7.22. The third kappa shape index (κ3) is 7.50. The summed E-state index contributed by atoms with van der Waals surface area (Å²) in [6.07, 6.45) is -5.29. The van der Waals surface area contributed by atoms with Crippen molar-refractivity contribution in [3.8, 4) is 5.88 Å². The Labute approximate surface area is 348 Å². The Morgan fingerprint density at radius 3 is 0.969 bits per heavy atom. The zero-order valence-corrected chi connectivity index (χ0v) is 31.1. The number of aromatic nitrogens is 1. The second kappa shape index (κ2) is 17.9. The van der Waals surface area contributed by atoms with E-state index in [0.29, 0.717) is 12.4 Å². The van der Waals surface area contributed by atoms with Crippen molar-refractivity contribution in [2.45, 2.75) is 6.54 Å². The topological polar surface area (TPSA) is 13.1 Å². The van der Waals surface area contributed by atoms with E-state index in [2.05, 4.69) is 0 Å². The van der Waals surface area contributed by atoms with Crippen LogP contribution in [0.3, 0.4) is 0 Å². The van der Waals surface area contributed by atoms with Gasteiger partial charge < -0.3 is 4.74 Å². The van der Waals surface area contributed by atoms with E-state index in [1.54, 1.807) is 0 Å². The molecule has 7 aromatic rings. The van der Waals surface area contributed by atoms with Gasteiger partial charge >= 0.3 is 5.88 Å². The minimum atomic E-state index is -7.22. The molecule has 0 fully saturated rings. The molecule has 0 bridgehead atoms. The lowest BCUT2D eigenvalue weighted by Gasteiger charge is -2.44. The van der Waals surface area contributed by atoms with E-state index in [1.807, 2.05) is 71.4 Å². The maximum absolute atomic E-state index is 15.4. The van der Waals surface area contributed by atoms with Gasteiger partial charge in [0.1, 0.15) is 52.7 Å². The molecule has 6 aromatic carbocycles. The van der Waals surface area contributed by atoms with Crippen LogP contribution >= 0.6 is 0 Å². The van der Waals surface area contributed by atoms with Gasteiger partial charge in [0.2, 0.25) is 6.86 Å². The molecular weight excluding hydrogens is 932 g/mol. The summed E-state index contributed by atoms with van der Waals surface area (Å²) in [6, 6.07) is 19.9. The Balaban J connectivity index is 0.000000289. The number of rotatable bonds is 8. The summed E-state index contributed by atoms with van der Waals surface area (Å²) >= 11 is 0. The van der Waals surface area contributed by atoms with Crippen molar-refractivity contribution >= 4 is 38.8 Å². The van der Waals surface area contributed by atoms with Crippen LogP contribution in [-0.4, -0.2) is 13.0 Å². The molecule has 0 aliphatic rings. The number of pyridine rings is 1. The summed E-state index contributed by atoms with van der Waals surface area (Å²) in [5, 5.41) is 1.96. The highest BCUT2D eigenvalue weighted by atomic mass is 19.2. The van der Waals surface area contributed by atoms with Gasteiger partial charge in [-0.25, -0.2) is 92.2 Å². The lowest BCUT2D eigenvalue weighted by molar-refractivity contribution is -0.692. The Bertz CT molecular complexity index is 2660. The monoisotopic (exact) mass is 947 g/mol. The van der Waals surface area contributed by atoms with Gasteiger partial charge in [-0.2, -0.15) is 4.57 Å². The molecule has 0 saturated heterocycles. The van der Waals surface area contributed by atoms with Gasteiger partial charge in [-0.15, -0.1) is 21.9 Å². The van der Waals surface area contributed by atoms with Crippen LogP contribution in [0.1, 0.15) is 5.56 Å². The molecule has 1 aromatic heterocycles. The van der Waals surface area contributed by atoms with E-state index in [-0.39, 0.29) is 0 Å². The second-order valence-electron chi connectivity index (χ2n) is 13.4. The van der Waals surface area contributed by atoms with Crippen molar-refractivity contribution in [1.82, 2.24) is 0 Å². The summed E-state index contributed by atoms with van der Waals surface area (Å²) in [5.41, 5.74) is -13.2. The number of benzene rings is 6. The van der Waals surface area contributed by atoms with Crippen LogP contribution in [0.2, 0.25) is 0 Å². The van der Waals surface area contributed by atoms with Gasteiger partial charge in [0, 0.05) is 11.6 Å². The van der Waals surface area contributed by atoms with Crippen molar-refractivity contribution in [3.63, 3.8) is 0 Å². The molecule has 0 N–H and O–H groups in total. The molecule has 0 aliphatic heterocycles. The minimum absolute atomic E-state index is 0.564. The Kier molecular flexibility index (Phi) is 13.1. The van der Waals surface area contributed by atoms with Gasteiger partial charge in [0.15, 0.2) is 82.5 Å². The van der Waals surface area contributed by atoms with Crippen LogP contribution in [0, 0.1) is 116 Å². The molecule has 1 heterocycles. The summed E-state index contributed by atoms with van der Waals surface area (Å²) in [5.74, 6) is -70.8. The van der Waals surface area contributed by atoms with Gasteiger partial charge in [0.25, 0.3) is 0 Å². The predicted octanol–water partition coefficient (Wildman–Crippen LogP) is 9.33. The summed E-state index contributed by atoms with van der Waals surface area (Å²) in [4.78, 5) is 0. The maximum atomic E-state index is 15.4. The second-order valence-corrected chi connectivity index (χ2v) is 13.4. The van der Waals surface area contributed by atoms with Crippen molar-refractivity contribution < 1.29 is 102 Å². The van der Waals surface area contributed by atoms with Gasteiger partial charge in [-0.05, 0) is 11.5 Å². The van der Waals surface area contributed by atoms with E-state index in [9.17, 15) is 57.1 Å². The molecule has 340 valence electrons. The highest BCUT2D eigenvalue weighted by Gasteiger charge is 2.52. The third-order valence-electron chi connectivity index (χ3n) is 9.98. The average molecular weight is 947 g/mol. The van der Waals surface area contributed by atoms with Crippen LogP contribution in [0.4, 0.5) is 92.2 Å². The average Bonchev–Trinajstić information content (AvgIpc) is 3.30. The van der Waals surface area contributed by atoms with E-state index in [1.165, 1.54) is 0 Å². The summed E-state index contributed by atoms with van der Waals surface area (Å²) < 4.78 is 314. The molecule has 0 atom stereocenters. The Hall–Kier alpha value is -6.88. The first-order chi connectivity index (χ1) is 30.6. The predicted molar refractivity (Wildman–Crippen MR) is 186 cm³/mol. The summed E-state index contributed by atoms with van der Waals surface area (Å²) in [6.45, 7) is -0.177. The minimum Gasteiger partial charge on any atom is -0.412 e. The van der Waals surface area contributed by atoms with Crippen LogP contribution < -0.4 is 31.2 Å². The molecular formula is C41H15BF21NO.